The number of alkyl halides is 3. The van der Waals surface area contributed by atoms with E-state index >= 15 is 0 Å². The van der Waals surface area contributed by atoms with Crippen molar-refractivity contribution in [2.45, 2.75) is 69.6 Å². The zero-order valence-electron chi connectivity index (χ0n) is 16.9. The van der Waals surface area contributed by atoms with E-state index in [1.54, 1.807) is 0 Å². The van der Waals surface area contributed by atoms with Gasteiger partial charge < -0.3 is 10.2 Å². The molecule has 4 aliphatic rings. The predicted octanol–water partition coefficient (Wildman–Crippen LogP) is 5.65. The maximum absolute atomic E-state index is 13.6. The van der Waals surface area contributed by atoms with Crippen molar-refractivity contribution < 1.29 is 13.2 Å². The number of rotatable bonds is 2. The molecule has 1 aromatic rings. The van der Waals surface area contributed by atoms with Crippen molar-refractivity contribution in [1.29, 1.82) is 0 Å². The maximum atomic E-state index is 13.6. The second-order valence-corrected chi connectivity index (χ2v) is 9.37. The van der Waals surface area contributed by atoms with Crippen LogP contribution in [0.3, 0.4) is 0 Å². The van der Waals surface area contributed by atoms with Gasteiger partial charge >= 0.3 is 6.18 Å². The van der Waals surface area contributed by atoms with E-state index in [-0.39, 0.29) is 11.8 Å². The molecule has 4 unspecified atom stereocenters. The highest BCUT2D eigenvalue weighted by Gasteiger charge is 2.52. The van der Waals surface area contributed by atoms with Gasteiger partial charge in [-0.15, -0.1) is 0 Å². The van der Waals surface area contributed by atoms with E-state index in [2.05, 4.69) is 40.0 Å². The van der Waals surface area contributed by atoms with Crippen LogP contribution in [0.15, 0.2) is 24.3 Å². The lowest BCUT2D eigenvalue weighted by atomic mass is 9.63. The first kappa shape index (κ1) is 19.5. The van der Waals surface area contributed by atoms with Crippen LogP contribution >= 0.6 is 0 Å². The number of piperidine rings is 1. The van der Waals surface area contributed by atoms with Crippen LogP contribution in [0.4, 0.5) is 24.5 Å². The summed E-state index contributed by atoms with van der Waals surface area (Å²) >= 11 is 0. The number of likely N-dealkylation sites (tertiary alicyclic amines) is 1. The number of para-hydroxylation sites is 2. The van der Waals surface area contributed by atoms with Crippen LogP contribution in [0.1, 0.15) is 51.4 Å². The van der Waals surface area contributed by atoms with E-state index in [1.807, 2.05) is 6.07 Å². The Morgan fingerprint density at radius 2 is 1.59 bits per heavy atom. The first-order valence-corrected chi connectivity index (χ1v) is 11.3. The van der Waals surface area contributed by atoms with Crippen LogP contribution in [-0.2, 0) is 0 Å². The Labute approximate surface area is 171 Å². The predicted molar refractivity (Wildman–Crippen MR) is 109 cm³/mol. The molecule has 4 atom stereocenters. The zero-order valence-corrected chi connectivity index (χ0v) is 16.9. The van der Waals surface area contributed by atoms with Gasteiger partial charge in [0.25, 0.3) is 0 Å². The molecule has 5 rings (SSSR count). The van der Waals surface area contributed by atoms with Gasteiger partial charge in [0.2, 0.25) is 0 Å². The summed E-state index contributed by atoms with van der Waals surface area (Å²) < 4.78 is 40.8. The molecule has 2 aliphatic heterocycles. The lowest BCUT2D eigenvalue weighted by molar-refractivity contribution is -0.210. The summed E-state index contributed by atoms with van der Waals surface area (Å²) in [5.74, 6) is -0.979. The highest BCUT2D eigenvalue weighted by Crippen LogP contribution is 2.51. The molecule has 0 bridgehead atoms. The van der Waals surface area contributed by atoms with E-state index in [0.29, 0.717) is 18.5 Å². The molecule has 3 nitrogen and oxygen atoms in total. The molecule has 1 saturated heterocycles. The summed E-state index contributed by atoms with van der Waals surface area (Å²) in [6, 6.07) is 9.20. The summed E-state index contributed by atoms with van der Waals surface area (Å²) in [5.41, 5.74) is 2.40. The minimum Gasteiger partial charge on any atom is -0.360 e. The number of hydrogen-bond donors (Lipinski definition) is 1. The van der Waals surface area contributed by atoms with Crippen molar-refractivity contribution in [1.82, 2.24) is 4.90 Å². The van der Waals surface area contributed by atoms with Gasteiger partial charge in [0.1, 0.15) is 6.67 Å². The molecule has 1 aromatic carbocycles. The summed E-state index contributed by atoms with van der Waals surface area (Å²) in [7, 11) is 0. The molecule has 1 N–H and O–H groups in total. The van der Waals surface area contributed by atoms with Crippen molar-refractivity contribution in [3.63, 3.8) is 0 Å². The summed E-state index contributed by atoms with van der Waals surface area (Å²) in [6.07, 6.45) is 2.99. The van der Waals surface area contributed by atoms with Crippen molar-refractivity contribution in [3.8, 4) is 0 Å². The minimum atomic E-state index is -4.02. The normalized spacial score (nSPS) is 33.8. The number of hydrogen-bond acceptors (Lipinski definition) is 3. The monoisotopic (exact) mass is 406 g/mol. The number of nitrogens with zero attached hydrogens (tertiary/aromatic N) is 2. The Morgan fingerprint density at radius 3 is 2.38 bits per heavy atom. The van der Waals surface area contributed by atoms with Crippen LogP contribution in [0.25, 0.3) is 0 Å². The molecule has 0 aromatic heterocycles. The zero-order chi connectivity index (χ0) is 20.0. The Kier molecular flexibility index (Phi) is 5.17. The second kappa shape index (κ2) is 7.68. The fourth-order valence-corrected chi connectivity index (χ4v) is 6.66. The first-order valence-electron chi connectivity index (χ1n) is 11.3. The third kappa shape index (κ3) is 3.62. The molecule has 29 heavy (non-hydrogen) atoms. The van der Waals surface area contributed by atoms with Crippen LogP contribution in [0, 0.1) is 24.4 Å². The third-order valence-corrected chi connectivity index (χ3v) is 7.97. The molecular weight excluding hydrogens is 375 g/mol. The van der Waals surface area contributed by atoms with E-state index in [1.165, 1.54) is 5.69 Å². The molecule has 2 saturated carbocycles. The standard InChI is InChI=1S/C23H31F3N3/c24-23(25,26)19-7-3-6-18-17(19)5-4-10-21(18)28-13-11-16(12-14-28)29-15-27-20-8-1-2-9-22(20)29/h1-2,8-9,15-19,21,27H,3-7,10-14H2. The Bertz CT molecular complexity index is 714. The van der Waals surface area contributed by atoms with Gasteiger partial charge in [0.15, 0.2) is 0 Å². The molecule has 1 radical (unpaired) electrons. The van der Waals surface area contributed by atoms with Gasteiger partial charge in [0, 0.05) is 25.2 Å². The van der Waals surface area contributed by atoms with Crippen molar-refractivity contribution in [3.05, 3.63) is 30.9 Å². The van der Waals surface area contributed by atoms with Gasteiger partial charge in [0.05, 0.1) is 17.3 Å². The van der Waals surface area contributed by atoms with Gasteiger partial charge in [-0.2, -0.15) is 13.2 Å². The molecular formula is C23H31F3N3. The van der Waals surface area contributed by atoms with Gasteiger partial charge in [-0.25, -0.2) is 0 Å². The fraction of sp³-hybridized carbons (Fsp3) is 0.696. The number of anilines is 2. The Balaban J connectivity index is 1.24. The molecule has 3 fully saturated rings. The Morgan fingerprint density at radius 1 is 0.862 bits per heavy atom. The van der Waals surface area contributed by atoms with Crippen LogP contribution in [0.5, 0.6) is 0 Å². The molecule has 6 heteroatoms. The second-order valence-electron chi connectivity index (χ2n) is 9.37. The largest absolute Gasteiger partial charge is 0.392 e. The van der Waals surface area contributed by atoms with Crippen molar-refractivity contribution in [2.24, 2.45) is 17.8 Å². The van der Waals surface area contributed by atoms with Crippen LogP contribution in [0.2, 0.25) is 0 Å². The van der Waals surface area contributed by atoms with E-state index in [9.17, 15) is 13.2 Å². The van der Waals surface area contributed by atoms with Crippen molar-refractivity contribution in [2.75, 3.05) is 23.3 Å². The lowest BCUT2D eigenvalue weighted by Gasteiger charge is -2.51. The van der Waals surface area contributed by atoms with E-state index < -0.39 is 12.1 Å². The molecule has 0 amide bonds. The average molecular weight is 407 g/mol. The summed E-state index contributed by atoms with van der Waals surface area (Å²) in [6.45, 7) is 4.08. The molecule has 159 valence electrons. The minimum absolute atomic E-state index is 0.150. The number of nitrogens with one attached hydrogen (secondary N) is 1. The highest BCUT2D eigenvalue weighted by atomic mass is 19.4. The van der Waals surface area contributed by atoms with Gasteiger partial charge in [-0.1, -0.05) is 25.0 Å². The molecule has 2 aliphatic carbocycles. The van der Waals surface area contributed by atoms with E-state index in [4.69, 9.17) is 0 Å². The molecule has 2 heterocycles. The quantitative estimate of drug-likeness (QED) is 0.685. The van der Waals surface area contributed by atoms with E-state index in [0.717, 1.165) is 63.7 Å². The smallest absolute Gasteiger partial charge is 0.360 e. The Hall–Kier alpha value is -1.43. The highest BCUT2D eigenvalue weighted by molar-refractivity contribution is 5.77. The van der Waals surface area contributed by atoms with Crippen LogP contribution < -0.4 is 10.2 Å². The number of fused-ring (bicyclic) bond motifs is 2. The summed E-state index contributed by atoms with van der Waals surface area (Å²) in [5, 5.41) is 3.36. The molecule has 0 spiro atoms. The SMILES string of the molecule is FC(F)(F)C1CCCC2C1CCCC2N1CCC(N2[CH]Nc3ccccc32)CC1. The van der Waals surface area contributed by atoms with Crippen LogP contribution in [-0.4, -0.2) is 36.2 Å². The number of halogens is 3. The topological polar surface area (TPSA) is 18.5 Å². The van der Waals surface area contributed by atoms with Gasteiger partial charge in [-0.3, -0.25) is 4.90 Å². The van der Waals surface area contributed by atoms with Crippen molar-refractivity contribution >= 4 is 11.4 Å². The summed E-state index contributed by atoms with van der Waals surface area (Å²) in [4.78, 5) is 4.90. The lowest BCUT2D eigenvalue weighted by Crippen LogP contribution is -2.54. The fourth-order valence-electron chi connectivity index (χ4n) is 6.66. The average Bonchev–Trinajstić information content (AvgIpc) is 3.16. The number of benzene rings is 1. The third-order valence-electron chi connectivity index (χ3n) is 7.97. The maximum Gasteiger partial charge on any atom is 0.392 e. The first-order chi connectivity index (χ1) is 14.0. The van der Waals surface area contributed by atoms with Gasteiger partial charge in [-0.05, 0) is 62.5 Å².